The summed E-state index contributed by atoms with van der Waals surface area (Å²) in [5, 5.41) is 8.04. The van der Waals surface area contributed by atoms with Gasteiger partial charge in [0.15, 0.2) is 5.78 Å². The van der Waals surface area contributed by atoms with Gasteiger partial charge in [0.1, 0.15) is 17.3 Å². The number of Topliss-reactive ketones (excluding diaryl/α,β-unsaturated/α-hetero) is 1. The molecule has 1 fully saturated rings. The standard InChI is InChI=1S/C31H33FN2O3/c1-20-6-5-9-31(36-2)25(20)12-15-30(35)27-17-21(10-13-28(27)32)26-8-4-3-7-22(26)19-37-24-11-14-29-23(16-24)18-33-34-29/h5-6,9-11,13-14,16-18,22,26H,3-4,7-8,12,15,19H2,1-2H3,(H,33,34)/t22-,26-/m0/s1. The number of aromatic nitrogens is 2. The molecule has 0 saturated heterocycles. The molecule has 1 N–H and O–H groups in total. The maximum absolute atomic E-state index is 14.8. The minimum atomic E-state index is -0.456. The van der Waals surface area contributed by atoms with Gasteiger partial charge in [-0.25, -0.2) is 4.39 Å². The summed E-state index contributed by atoms with van der Waals surface area (Å²) in [5.74, 6) is 1.48. The van der Waals surface area contributed by atoms with Crippen LogP contribution in [0, 0.1) is 18.7 Å². The van der Waals surface area contributed by atoms with Gasteiger partial charge in [-0.05, 0) is 91.1 Å². The Morgan fingerprint density at radius 3 is 2.84 bits per heavy atom. The number of carbonyl (C=O) groups excluding carboxylic acids is 1. The number of ether oxygens (including phenoxy) is 2. The number of nitrogens with zero attached hydrogens (tertiary/aromatic N) is 1. The van der Waals surface area contributed by atoms with Crippen molar-refractivity contribution in [2.75, 3.05) is 13.7 Å². The van der Waals surface area contributed by atoms with Crippen LogP contribution in [0.3, 0.4) is 0 Å². The van der Waals surface area contributed by atoms with Crippen LogP contribution in [0.2, 0.25) is 0 Å². The van der Waals surface area contributed by atoms with Crippen LogP contribution in [-0.2, 0) is 6.42 Å². The Morgan fingerprint density at radius 2 is 1.97 bits per heavy atom. The van der Waals surface area contributed by atoms with Crippen LogP contribution < -0.4 is 9.47 Å². The zero-order valence-corrected chi connectivity index (χ0v) is 21.4. The number of aromatic amines is 1. The number of hydrogen-bond donors (Lipinski definition) is 1. The molecule has 6 heteroatoms. The molecule has 0 unspecified atom stereocenters. The first-order valence-electron chi connectivity index (χ1n) is 13.0. The van der Waals surface area contributed by atoms with E-state index in [0.717, 1.165) is 64.8 Å². The highest BCUT2D eigenvalue weighted by atomic mass is 19.1. The molecule has 0 radical (unpaired) electrons. The quantitative estimate of drug-likeness (QED) is 0.247. The maximum atomic E-state index is 14.8. The van der Waals surface area contributed by atoms with Gasteiger partial charge in [0.05, 0.1) is 31.0 Å². The van der Waals surface area contributed by atoms with Gasteiger partial charge in [-0.15, -0.1) is 0 Å². The smallest absolute Gasteiger partial charge is 0.166 e. The Hall–Kier alpha value is -3.67. The van der Waals surface area contributed by atoms with Crippen molar-refractivity contribution in [3.05, 3.63) is 88.9 Å². The number of ketones is 1. The molecular weight excluding hydrogens is 467 g/mol. The number of nitrogens with one attached hydrogen (secondary N) is 1. The molecule has 0 aliphatic heterocycles. The number of H-pyrrole nitrogens is 1. The third-order valence-corrected chi connectivity index (χ3v) is 7.69. The molecule has 37 heavy (non-hydrogen) atoms. The van der Waals surface area contributed by atoms with Crippen molar-refractivity contribution in [1.82, 2.24) is 10.2 Å². The molecule has 0 amide bonds. The van der Waals surface area contributed by atoms with Crippen LogP contribution in [0.15, 0.2) is 60.8 Å². The first kappa shape index (κ1) is 25.0. The summed E-state index contributed by atoms with van der Waals surface area (Å²) in [6.45, 7) is 2.59. The van der Waals surface area contributed by atoms with E-state index < -0.39 is 5.82 Å². The molecule has 5 nitrogen and oxygen atoms in total. The second-order valence-corrected chi connectivity index (χ2v) is 10.00. The molecule has 0 spiro atoms. The summed E-state index contributed by atoms with van der Waals surface area (Å²) in [4.78, 5) is 13.1. The van der Waals surface area contributed by atoms with E-state index in [1.807, 2.05) is 49.4 Å². The van der Waals surface area contributed by atoms with Gasteiger partial charge >= 0.3 is 0 Å². The van der Waals surface area contributed by atoms with Gasteiger partial charge in [0, 0.05) is 11.8 Å². The topological polar surface area (TPSA) is 64.2 Å². The Balaban J connectivity index is 1.30. The van der Waals surface area contributed by atoms with Gasteiger partial charge in [-0.1, -0.05) is 31.0 Å². The van der Waals surface area contributed by atoms with Gasteiger partial charge in [-0.2, -0.15) is 5.10 Å². The molecule has 1 aromatic heterocycles. The molecule has 1 heterocycles. The SMILES string of the molecule is COc1cccc(C)c1CCC(=O)c1cc([C@@H]2CCCC[C@H]2COc2ccc3[nH]ncc3c2)ccc1F. The summed E-state index contributed by atoms with van der Waals surface area (Å²) in [7, 11) is 1.63. The zero-order chi connectivity index (χ0) is 25.8. The average molecular weight is 501 g/mol. The summed E-state index contributed by atoms with van der Waals surface area (Å²) in [6.07, 6.45) is 6.86. The van der Waals surface area contributed by atoms with Gasteiger partial charge in [-0.3, -0.25) is 9.89 Å². The number of carbonyl (C=O) groups is 1. The summed E-state index contributed by atoms with van der Waals surface area (Å²) >= 11 is 0. The molecule has 1 saturated carbocycles. The molecule has 3 aromatic carbocycles. The van der Waals surface area contributed by atoms with Crippen LogP contribution >= 0.6 is 0 Å². The first-order valence-corrected chi connectivity index (χ1v) is 13.0. The molecule has 1 aliphatic rings. The number of methoxy groups -OCH3 is 1. The predicted octanol–water partition coefficient (Wildman–Crippen LogP) is 7.19. The third kappa shape index (κ3) is 5.53. The zero-order valence-electron chi connectivity index (χ0n) is 21.4. The number of aryl methyl sites for hydroxylation is 1. The molecule has 5 rings (SSSR count). The van der Waals surface area contributed by atoms with E-state index >= 15 is 0 Å². The summed E-state index contributed by atoms with van der Waals surface area (Å²) in [6, 6.07) is 16.8. The van der Waals surface area contributed by atoms with Crippen molar-refractivity contribution < 1.29 is 18.7 Å². The Kier molecular flexibility index (Phi) is 7.54. The Bertz CT molecular complexity index is 1400. The number of rotatable bonds is 9. The van der Waals surface area contributed by atoms with E-state index in [1.165, 1.54) is 6.07 Å². The molecular formula is C31H33FN2O3. The lowest BCUT2D eigenvalue weighted by molar-refractivity contribution is 0.0978. The first-order chi connectivity index (χ1) is 18.0. The van der Waals surface area contributed by atoms with E-state index in [4.69, 9.17) is 9.47 Å². The molecule has 192 valence electrons. The van der Waals surface area contributed by atoms with Gasteiger partial charge < -0.3 is 9.47 Å². The fourth-order valence-corrected chi connectivity index (χ4v) is 5.61. The van der Waals surface area contributed by atoms with Crippen LogP contribution in [0.5, 0.6) is 11.5 Å². The van der Waals surface area contributed by atoms with Crippen LogP contribution in [0.25, 0.3) is 10.9 Å². The second kappa shape index (κ2) is 11.2. The Labute approximate surface area is 217 Å². The number of hydrogen-bond acceptors (Lipinski definition) is 4. The van der Waals surface area contributed by atoms with E-state index in [0.29, 0.717) is 18.9 Å². The summed E-state index contributed by atoms with van der Waals surface area (Å²) < 4.78 is 26.5. The monoisotopic (exact) mass is 500 g/mol. The van der Waals surface area contributed by atoms with Crippen LogP contribution in [0.1, 0.15) is 65.1 Å². The van der Waals surface area contributed by atoms with Crippen molar-refractivity contribution in [2.45, 2.75) is 51.4 Å². The number of benzene rings is 3. The highest BCUT2D eigenvalue weighted by Gasteiger charge is 2.28. The average Bonchev–Trinajstić information content (AvgIpc) is 3.39. The Morgan fingerprint density at radius 1 is 1.11 bits per heavy atom. The van der Waals surface area contributed by atoms with E-state index in [9.17, 15) is 9.18 Å². The van der Waals surface area contributed by atoms with E-state index in [1.54, 1.807) is 19.4 Å². The van der Waals surface area contributed by atoms with Crippen molar-refractivity contribution >= 4 is 16.7 Å². The number of halogens is 1. The summed E-state index contributed by atoms with van der Waals surface area (Å²) in [5.41, 5.74) is 4.25. The fraction of sp³-hybridized carbons (Fsp3) is 0.355. The van der Waals surface area contributed by atoms with Gasteiger partial charge in [0.25, 0.3) is 0 Å². The second-order valence-electron chi connectivity index (χ2n) is 10.00. The largest absolute Gasteiger partial charge is 0.496 e. The highest BCUT2D eigenvalue weighted by Crippen LogP contribution is 2.39. The van der Waals surface area contributed by atoms with Crippen molar-refractivity contribution in [2.24, 2.45) is 5.92 Å². The van der Waals surface area contributed by atoms with Gasteiger partial charge in [0.2, 0.25) is 0 Å². The minimum Gasteiger partial charge on any atom is -0.496 e. The fourth-order valence-electron chi connectivity index (χ4n) is 5.61. The number of fused-ring (bicyclic) bond motifs is 1. The molecule has 1 aliphatic carbocycles. The lowest BCUT2D eigenvalue weighted by Crippen LogP contribution is -2.24. The minimum absolute atomic E-state index is 0.179. The maximum Gasteiger partial charge on any atom is 0.166 e. The lowest BCUT2D eigenvalue weighted by Gasteiger charge is -2.32. The van der Waals surface area contributed by atoms with Crippen molar-refractivity contribution in [1.29, 1.82) is 0 Å². The normalized spacial score (nSPS) is 17.6. The predicted molar refractivity (Wildman–Crippen MR) is 143 cm³/mol. The molecule has 2 atom stereocenters. The lowest BCUT2D eigenvalue weighted by atomic mass is 9.75. The van der Waals surface area contributed by atoms with Crippen LogP contribution in [0.4, 0.5) is 4.39 Å². The van der Waals surface area contributed by atoms with Crippen LogP contribution in [-0.4, -0.2) is 29.7 Å². The van der Waals surface area contributed by atoms with E-state index in [2.05, 4.69) is 10.2 Å². The van der Waals surface area contributed by atoms with Crippen molar-refractivity contribution in [3.63, 3.8) is 0 Å². The molecule has 4 aromatic rings. The third-order valence-electron chi connectivity index (χ3n) is 7.69. The molecule has 0 bridgehead atoms. The van der Waals surface area contributed by atoms with E-state index in [-0.39, 0.29) is 23.7 Å². The highest BCUT2D eigenvalue weighted by molar-refractivity contribution is 5.96. The van der Waals surface area contributed by atoms with Crippen molar-refractivity contribution in [3.8, 4) is 11.5 Å².